The van der Waals surface area contributed by atoms with Crippen LogP contribution < -0.4 is 0 Å². The van der Waals surface area contributed by atoms with Gasteiger partial charge in [-0.15, -0.1) is 5.01 Å². The van der Waals surface area contributed by atoms with Gasteiger partial charge in [0.15, 0.2) is 0 Å². The molecule has 32 heavy (non-hydrogen) atoms. The molecule has 0 heterocycles. The molecule has 2 rings (SSSR count). The third-order valence-electron chi connectivity index (χ3n) is 4.37. The lowest BCUT2D eigenvalue weighted by Crippen LogP contribution is -2.53. The Balaban J connectivity index is 2.15. The van der Waals surface area contributed by atoms with E-state index in [1.807, 2.05) is 12.1 Å². The predicted octanol–water partition coefficient (Wildman–Crippen LogP) is 3.20. The maximum absolute atomic E-state index is 12.8. The Hall–Kier alpha value is -3.88. The smallest absolute Gasteiger partial charge is 0.436 e. The van der Waals surface area contributed by atoms with E-state index < -0.39 is 18.1 Å². The van der Waals surface area contributed by atoms with Crippen molar-refractivity contribution in [1.82, 2.24) is 14.9 Å². The van der Waals surface area contributed by atoms with Crippen molar-refractivity contribution in [3.63, 3.8) is 0 Å². The largest absolute Gasteiger partial charge is 0.443 e. The van der Waals surface area contributed by atoms with E-state index in [-0.39, 0.29) is 32.1 Å². The third kappa shape index (κ3) is 7.42. The van der Waals surface area contributed by atoms with Gasteiger partial charge in [-0.25, -0.2) is 14.6 Å². The lowest BCUT2D eigenvalue weighted by Gasteiger charge is -2.31. The topological polar surface area (TPSA) is 96.5 Å². The van der Waals surface area contributed by atoms with E-state index in [1.54, 1.807) is 62.6 Å². The van der Waals surface area contributed by atoms with E-state index in [9.17, 15) is 19.2 Å². The van der Waals surface area contributed by atoms with Crippen molar-refractivity contribution < 1.29 is 28.7 Å². The molecule has 0 saturated carbocycles. The van der Waals surface area contributed by atoms with E-state index in [4.69, 9.17) is 9.47 Å². The number of rotatable bonds is 7. The summed E-state index contributed by atoms with van der Waals surface area (Å²) >= 11 is 0. The Bertz CT molecular complexity index is 918. The minimum atomic E-state index is -1.05. The number of carbonyl (C=O) groups excluding carboxylic acids is 4. The van der Waals surface area contributed by atoms with Gasteiger partial charge in [-0.3, -0.25) is 9.59 Å². The molecule has 2 aromatic rings. The third-order valence-corrected chi connectivity index (χ3v) is 4.37. The van der Waals surface area contributed by atoms with Crippen LogP contribution in [0.15, 0.2) is 60.7 Å². The first-order valence-corrected chi connectivity index (χ1v) is 9.99. The molecule has 0 atom stereocenters. The summed E-state index contributed by atoms with van der Waals surface area (Å²) in [5.74, 6) is -1.04. The molecule has 0 aromatic heterocycles. The number of amides is 4. The first-order valence-electron chi connectivity index (χ1n) is 9.99. The average molecular weight is 441 g/mol. The molecule has 0 bridgehead atoms. The van der Waals surface area contributed by atoms with E-state index in [0.717, 1.165) is 17.5 Å². The number of nitrogens with zero attached hydrogens (tertiary/aromatic N) is 3. The molecule has 0 fully saturated rings. The van der Waals surface area contributed by atoms with Gasteiger partial charge in [0.05, 0.1) is 6.54 Å². The van der Waals surface area contributed by atoms with Crippen LogP contribution in [0.3, 0.4) is 0 Å². The average Bonchev–Trinajstić information content (AvgIpc) is 2.79. The summed E-state index contributed by atoms with van der Waals surface area (Å²) in [6.07, 6.45) is -2.12. The Morgan fingerprint density at radius 1 is 0.750 bits per heavy atom. The van der Waals surface area contributed by atoms with E-state index in [0.29, 0.717) is 10.6 Å². The van der Waals surface area contributed by atoms with Crippen LogP contribution in [-0.4, -0.2) is 59.6 Å². The maximum atomic E-state index is 12.8. The number of hydrogen-bond donors (Lipinski definition) is 0. The van der Waals surface area contributed by atoms with Gasteiger partial charge in [0.1, 0.15) is 13.2 Å². The van der Waals surface area contributed by atoms with Crippen molar-refractivity contribution >= 4 is 24.0 Å². The summed E-state index contributed by atoms with van der Waals surface area (Å²) < 4.78 is 10.5. The van der Waals surface area contributed by atoms with Gasteiger partial charge in [-0.1, -0.05) is 60.7 Å². The minimum Gasteiger partial charge on any atom is -0.443 e. The van der Waals surface area contributed by atoms with Crippen molar-refractivity contribution in [2.24, 2.45) is 0 Å². The zero-order chi connectivity index (χ0) is 23.5. The molecule has 0 aliphatic heterocycles. The van der Waals surface area contributed by atoms with Gasteiger partial charge in [0, 0.05) is 27.4 Å². The molecule has 4 amide bonds. The van der Waals surface area contributed by atoms with Crippen molar-refractivity contribution in [3.05, 3.63) is 71.8 Å². The lowest BCUT2D eigenvalue weighted by molar-refractivity contribution is -0.142. The van der Waals surface area contributed by atoms with Crippen LogP contribution in [0.2, 0.25) is 0 Å². The fourth-order valence-corrected chi connectivity index (χ4v) is 2.67. The van der Waals surface area contributed by atoms with Crippen molar-refractivity contribution in [2.45, 2.75) is 26.6 Å². The fraction of sp³-hybridized carbons (Fsp3) is 0.304. The molecular weight excluding hydrogens is 414 g/mol. The molecule has 0 saturated heterocycles. The molecule has 9 heteroatoms. The van der Waals surface area contributed by atoms with Crippen LogP contribution in [0, 0.1) is 0 Å². The standard InChI is InChI=1S/C23H27N3O6/c1-18(27)26(23(30)32-17-20-12-8-5-9-13-20)25(15-14-21(28)24(2)3)22(29)31-16-19-10-6-4-7-11-19/h4-13H,14-17H2,1-3H3. The van der Waals surface area contributed by atoms with Gasteiger partial charge in [-0.05, 0) is 11.1 Å². The summed E-state index contributed by atoms with van der Waals surface area (Å²) in [6, 6.07) is 17.8. The zero-order valence-electron chi connectivity index (χ0n) is 18.4. The van der Waals surface area contributed by atoms with E-state index in [2.05, 4.69) is 0 Å². The highest BCUT2D eigenvalue weighted by atomic mass is 16.6. The molecular formula is C23H27N3O6. The Labute approximate surface area is 187 Å². The van der Waals surface area contributed by atoms with Crippen LogP contribution in [0.4, 0.5) is 9.59 Å². The van der Waals surface area contributed by atoms with Crippen LogP contribution in [0.25, 0.3) is 0 Å². The highest BCUT2D eigenvalue weighted by molar-refractivity contribution is 5.92. The fourth-order valence-electron chi connectivity index (χ4n) is 2.67. The second-order valence-corrected chi connectivity index (χ2v) is 7.07. The molecule has 0 radical (unpaired) electrons. The number of hydrazine groups is 1. The molecule has 9 nitrogen and oxygen atoms in total. The quantitative estimate of drug-likeness (QED) is 0.612. The number of imide groups is 1. The van der Waals surface area contributed by atoms with Crippen LogP contribution in [0.1, 0.15) is 24.5 Å². The Morgan fingerprint density at radius 3 is 1.66 bits per heavy atom. The maximum Gasteiger partial charge on any atom is 0.436 e. The minimum absolute atomic E-state index is 0.0669. The Morgan fingerprint density at radius 2 is 1.22 bits per heavy atom. The van der Waals surface area contributed by atoms with Gasteiger partial charge >= 0.3 is 12.2 Å². The lowest BCUT2D eigenvalue weighted by atomic mass is 10.2. The van der Waals surface area contributed by atoms with Gasteiger partial charge in [-0.2, -0.15) is 0 Å². The molecule has 2 aromatic carbocycles. The second kappa shape index (κ2) is 12.1. The van der Waals surface area contributed by atoms with Gasteiger partial charge < -0.3 is 14.4 Å². The highest BCUT2D eigenvalue weighted by Gasteiger charge is 2.32. The SMILES string of the molecule is CC(=O)N(C(=O)OCc1ccccc1)N(CCC(=O)N(C)C)C(=O)OCc1ccccc1. The van der Waals surface area contributed by atoms with E-state index in [1.165, 1.54) is 4.90 Å². The molecule has 170 valence electrons. The molecule has 0 aliphatic carbocycles. The van der Waals surface area contributed by atoms with Crippen molar-refractivity contribution in [1.29, 1.82) is 0 Å². The first-order chi connectivity index (χ1) is 15.3. The Kier molecular flexibility index (Phi) is 9.22. The van der Waals surface area contributed by atoms with Crippen LogP contribution in [0.5, 0.6) is 0 Å². The normalized spacial score (nSPS) is 10.1. The molecule has 0 spiro atoms. The van der Waals surface area contributed by atoms with Crippen LogP contribution in [-0.2, 0) is 32.3 Å². The summed E-state index contributed by atoms with van der Waals surface area (Å²) in [5.41, 5.74) is 1.44. The number of benzene rings is 2. The summed E-state index contributed by atoms with van der Waals surface area (Å²) in [4.78, 5) is 51.2. The van der Waals surface area contributed by atoms with Gasteiger partial charge in [0.2, 0.25) is 11.8 Å². The molecule has 0 unspecified atom stereocenters. The number of ether oxygens (including phenoxy) is 2. The zero-order valence-corrected chi connectivity index (χ0v) is 18.4. The number of hydrogen-bond acceptors (Lipinski definition) is 6. The van der Waals surface area contributed by atoms with Gasteiger partial charge in [0.25, 0.3) is 0 Å². The first kappa shape index (κ1) is 24.4. The van der Waals surface area contributed by atoms with Crippen molar-refractivity contribution in [2.75, 3.05) is 20.6 Å². The molecule has 0 N–H and O–H groups in total. The second-order valence-electron chi connectivity index (χ2n) is 7.07. The highest BCUT2D eigenvalue weighted by Crippen LogP contribution is 2.11. The van der Waals surface area contributed by atoms with Crippen LogP contribution >= 0.6 is 0 Å². The molecule has 0 aliphatic rings. The predicted molar refractivity (Wildman–Crippen MR) is 116 cm³/mol. The van der Waals surface area contributed by atoms with Crippen molar-refractivity contribution in [3.8, 4) is 0 Å². The number of carbonyl (C=O) groups is 4. The summed E-state index contributed by atoms with van der Waals surface area (Å²) in [6.45, 7) is 0.718. The van der Waals surface area contributed by atoms with E-state index >= 15 is 0 Å². The monoisotopic (exact) mass is 441 g/mol. The summed E-state index contributed by atoms with van der Waals surface area (Å²) in [5, 5.41) is 1.35. The summed E-state index contributed by atoms with van der Waals surface area (Å²) in [7, 11) is 3.13.